The Labute approximate surface area is 163 Å². The minimum Gasteiger partial charge on any atom is -0.368 e. The summed E-state index contributed by atoms with van der Waals surface area (Å²) in [5.41, 5.74) is 2.04. The van der Waals surface area contributed by atoms with Gasteiger partial charge in [-0.2, -0.15) is 0 Å². The smallest absolute Gasteiger partial charge is 0.141 e. The summed E-state index contributed by atoms with van der Waals surface area (Å²) < 4.78 is 0. The van der Waals surface area contributed by atoms with E-state index in [1.54, 1.807) is 17.5 Å². The maximum Gasteiger partial charge on any atom is 0.141 e. The lowest BCUT2D eigenvalue weighted by Crippen LogP contribution is -2.48. The third-order valence-electron chi connectivity index (χ3n) is 4.81. The predicted molar refractivity (Wildman–Crippen MR) is 112 cm³/mol. The van der Waals surface area contributed by atoms with Crippen LogP contribution in [0.15, 0.2) is 48.1 Å². The molecule has 1 saturated heterocycles. The summed E-state index contributed by atoms with van der Waals surface area (Å²) in [7, 11) is 0. The fourth-order valence-electron chi connectivity index (χ4n) is 3.25. The summed E-state index contributed by atoms with van der Waals surface area (Å²) >= 11 is 1.58. The van der Waals surface area contributed by atoms with Crippen LogP contribution in [0.3, 0.4) is 0 Å². The Morgan fingerprint density at radius 2 is 1.85 bits per heavy atom. The topological polar surface area (TPSA) is 57.2 Å². The van der Waals surface area contributed by atoms with Crippen LogP contribution in [0.5, 0.6) is 0 Å². The number of piperazine rings is 1. The summed E-state index contributed by atoms with van der Waals surface area (Å²) in [6.07, 6.45) is 3.74. The molecule has 0 amide bonds. The van der Waals surface area contributed by atoms with Gasteiger partial charge in [0.25, 0.3) is 0 Å². The van der Waals surface area contributed by atoms with Crippen LogP contribution in [0, 0.1) is 0 Å². The molecule has 1 aliphatic rings. The van der Waals surface area contributed by atoms with Gasteiger partial charge in [-0.25, -0.2) is 15.0 Å². The van der Waals surface area contributed by atoms with Gasteiger partial charge in [0, 0.05) is 43.8 Å². The minimum atomic E-state index is 0.615. The lowest BCUT2D eigenvalue weighted by molar-refractivity contribution is 0.209. The summed E-state index contributed by atoms with van der Waals surface area (Å²) in [6.45, 7) is 8.81. The lowest BCUT2D eigenvalue weighted by atomic mass is 10.2. The second-order valence-corrected chi connectivity index (χ2v) is 7.78. The highest BCUT2D eigenvalue weighted by Crippen LogP contribution is 2.23. The SMILES string of the molecule is CC(C)N1CCN(c2ccc(Nc3cccc(-c4nccs4)n3)nc2)CC1. The molecule has 1 N–H and O–H groups in total. The summed E-state index contributed by atoms with van der Waals surface area (Å²) in [5, 5.41) is 6.16. The molecule has 0 atom stereocenters. The van der Waals surface area contributed by atoms with Crippen LogP contribution >= 0.6 is 11.3 Å². The molecule has 0 spiro atoms. The zero-order chi connectivity index (χ0) is 18.6. The van der Waals surface area contributed by atoms with Gasteiger partial charge < -0.3 is 10.2 Å². The number of pyridine rings is 2. The average Bonchev–Trinajstić information content (AvgIpc) is 3.24. The average molecular weight is 381 g/mol. The summed E-state index contributed by atoms with van der Waals surface area (Å²) in [5.74, 6) is 1.57. The van der Waals surface area contributed by atoms with Gasteiger partial charge in [-0.3, -0.25) is 4.90 Å². The van der Waals surface area contributed by atoms with Crippen molar-refractivity contribution < 1.29 is 0 Å². The molecule has 3 aromatic heterocycles. The van der Waals surface area contributed by atoms with E-state index in [0.29, 0.717) is 6.04 Å². The molecule has 3 aromatic rings. The molecule has 1 fully saturated rings. The fraction of sp³-hybridized carbons (Fsp3) is 0.350. The van der Waals surface area contributed by atoms with E-state index in [1.807, 2.05) is 35.8 Å². The Bertz CT molecular complexity index is 854. The van der Waals surface area contributed by atoms with Gasteiger partial charge in [0.05, 0.1) is 11.9 Å². The second-order valence-electron chi connectivity index (χ2n) is 6.89. The van der Waals surface area contributed by atoms with Crippen molar-refractivity contribution in [1.29, 1.82) is 0 Å². The van der Waals surface area contributed by atoms with E-state index < -0.39 is 0 Å². The zero-order valence-corrected chi connectivity index (χ0v) is 16.5. The van der Waals surface area contributed by atoms with Crippen molar-refractivity contribution in [3.8, 4) is 10.7 Å². The minimum absolute atomic E-state index is 0.615. The molecule has 1 aliphatic heterocycles. The van der Waals surface area contributed by atoms with Gasteiger partial charge >= 0.3 is 0 Å². The van der Waals surface area contributed by atoms with E-state index in [9.17, 15) is 0 Å². The normalized spacial score (nSPS) is 15.3. The number of anilines is 3. The van der Waals surface area contributed by atoms with E-state index in [-0.39, 0.29) is 0 Å². The Kier molecular flexibility index (Phi) is 5.31. The van der Waals surface area contributed by atoms with Gasteiger partial charge in [0.15, 0.2) is 0 Å². The predicted octanol–water partition coefficient (Wildman–Crippen LogP) is 3.87. The van der Waals surface area contributed by atoms with Crippen molar-refractivity contribution in [3.63, 3.8) is 0 Å². The van der Waals surface area contributed by atoms with Gasteiger partial charge in [-0.15, -0.1) is 11.3 Å². The molecule has 6 nitrogen and oxygen atoms in total. The molecular weight excluding hydrogens is 356 g/mol. The van der Waals surface area contributed by atoms with Crippen molar-refractivity contribution in [1.82, 2.24) is 19.9 Å². The van der Waals surface area contributed by atoms with Crippen molar-refractivity contribution >= 4 is 28.7 Å². The second kappa shape index (κ2) is 8.02. The fourth-order valence-corrected chi connectivity index (χ4v) is 3.85. The molecule has 0 aromatic carbocycles. The lowest BCUT2D eigenvalue weighted by Gasteiger charge is -2.38. The molecule has 140 valence electrons. The highest BCUT2D eigenvalue weighted by molar-refractivity contribution is 7.13. The number of nitrogens with one attached hydrogen (secondary N) is 1. The molecule has 4 heterocycles. The first-order valence-corrected chi connectivity index (χ1v) is 10.2. The molecule has 0 bridgehead atoms. The van der Waals surface area contributed by atoms with Crippen molar-refractivity contribution in [2.45, 2.75) is 19.9 Å². The maximum absolute atomic E-state index is 4.63. The molecule has 4 rings (SSSR count). The Morgan fingerprint density at radius 1 is 1.00 bits per heavy atom. The summed E-state index contributed by atoms with van der Waals surface area (Å²) in [6, 6.07) is 10.7. The van der Waals surface area contributed by atoms with Gasteiger partial charge in [0.2, 0.25) is 0 Å². The first kappa shape index (κ1) is 17.9. The monoisotopic (exact) mass is 380 g/mol. The van der Waals surface area contributed by atoms with E-state index in [0.717, 1.165) is 48.5 Å². The van der Waals surface area contributed by atoms with Gasteiger partial charge in [-0.05, 0) is 38.1 Å². The van der Waals surface area contributed by atoms with Crippen LogP contribution in [-0.4, -0.2) is 52.1 Å². The van der Waals surface area contributed by atoms with Crippen LogP contribution in [-0.2, 0) is 0 Å². The molecule has 0 aliphatic carbocycles. The molecule has 0 saturated carbocycles. The van der Waals surface area contributed by atoms with Crippen LogP contribution in [0.4, 0.5) is 17.3 Å². The summed E-state index contributed by atoms with van der Waals surface area (Å²) in [4.78, 5) is 18.4. The molecule has 0 radical (unpaired) electrons. The Balaban J connectivity index is 1.41. The van der Waals surface area contributed by atoms with Crippen LogP contribution in [0.1, 0.15) is 13.8 Å². The van der Waals surface area contributed by atoms with E-state index in [1.165, 1.54) is 5.69 Å². The number of hydrogen-bond acceptors (Lipinski definition) is 7. The highest BCUT2D eigenvalue weighted by atomic mass is 32.1. The van der Waals surface area contributed by atoms with Crippen molar-refractivity contribution in [2.24, 2.45) is 0 Å². The van der Waals surface area contributed by atoms with E-state index in [4.69, 9.17) is 0 Å². The number of aromatic nitrogens is 3. The number of rotatable bonds is 5. The largest absolute Gasteiger partial charge is 0.368 e. The Morgan fingerprint density at radius 3 is 2.52 bits per heavy atom. The molecular formula is C20H24N6S. The highest BCUT2D eigenvalue weighted by Gasteiger charge is 2.19. The molecule has 7 heteroatoms. The van der Waals surface area contributed by atoms with Gasteiger partial charge in [-0.1, -0.05) is 6.07 Å². The standard InChI is InChI=1S/C20H24N6S/c1-15(2)25-9-11-26(12-10-25)16-6-7-18(22-14-16)24-19-5-3-4-17(23-19)20-21-8-13-27-20/h3-8,13-15H,9-12H2,1-2H3,(H,22,23,24). The number of nitrogens with zero attached hydrogens (tertiary/aromatic N) is 5. The Hall–Kier alpha value is -2.51. The van der Waals surface area contributed by atoms with E-state index in [2.05, 4.69) is 50.0 Å². The molecule has 0 unspecified atom stereocenters. The number of hydrogen-bond donors (Lipinski definition) is 1. The number of thiazole rings is 1. The van der Waals surface area contributed by atoms with Crippen molar-refractivity contribution in [3.05, 3.63) is 48.1 Å². The van der Waals surface area contributed by atoms with Crippen molar-refractivity contribution in [2.75, 3.05) is 36.4 Å². The van der Waals surface area contributed by atoms with E-state index >= 15 is 0 Å². The first-order chi connectivity index (χ1) is 13.2. The van der Waals surface area contributed by atoms with Gasteiger partial charge in [0.1, 0.15) is 22.3 Å². The zero-order valence-electron chi connectivity index (χ0n) is 15.7. The van der Waals surface area contributed by atoms with Crippen LogP contribution < -0.4 is 10.2 Å². The van der Waals surface area contributed by atoms with Crippen LogP contribution in [0.2, 0.25) is 0 Å². The van der Waals surface area contributed by atoms with Crippen LogP contribution in [0.25, 0.3) is 10.7 Å². The maximum atomic E-state index is 4.63. The molecule has 27 heavy (non-hydrogen) atoms. The first-order valence-electron chi connectivity index (χ1n) is 9.28. The third kappa shape index (κ3) is 4.26. The third-order valence-corrected chi connectivity index (χ3v) is 5.61. The quantitative estimate of drug-likeness (QED) is 0.725.